The number of nitrogens with two attached hydrogens (primary N) is 2. The van der Waals surface area contributed by atoms with Crippen LogP contribution in [0.1, 0.15) is 34.6 Å². The summed E-state index contributed by atoms with van der Waals surface area (Å²) in [7, 11) is 1.97. The lowest BCUT2D eigenvalue weighted by molar-refractivity contribution is 0.467. The molecule has 142 valence electrons. The van der Waals surface area contributed by atoms with Crippen molar-refractivity contribution in [1.82, 2.24) is 4.57 Å². The van der Waals surface area contributed by atoms with Crippen molar-refractivity contribution >= 4 is 12.6 Å². The van der Waals surface area contributed by atoms with E-state index in [0.717, 1.165) is 24.2 Å². The highest BCUT2D eigenvalue weighted by molar-refractivity contribution is 7.80. The maximum atomic E-state index is 6.40. The molecule has 1 aromatic heterocycles. The molecule has 0 fully saturated rings. The van der Waals surface area contributed by atoms with Gasteiger partial charge in [0.2, 0.25) is 0 Å². The van der Waals surface area contributed by atoms with Gasteiger partial charge in [0.1, 0.15) is 0 Å². The zero-order chi connectivity index (χ0) is 19.2. The number of hydrogen-bond donors (Lipinski definition) is 3. The summed E-state index contributed by atoms with van der Waals surface area (Å²) in [5, 5.41) is 0. The van der Waals surface area contributed by atoms with Gasteiger partial charge in [0.25, 0.3) is 0 Å². The first kappa shape index (κ1) is 19.7. The van der Waals surface area contributed by atoms with Gasteiger partial charge >= 0.3 is 0 Å². The second-order valence-corrected chi connectivity index (χ2v) is 7.79. The predicted molar refractivity (Wildman–Crippen MR) is 116 cm³/mol. The fourth-order valence-electron chi connectivity index (χ4n) is 3.72. The molecule has 0 spiro atoms. The Morgan fingerprint density at radius 2 is 1.85 bits per heavy atom. The maximum absolute atomic E-state index is 6.40. The van der Waals surface area contributed by atoms with E-state index in [-0.39, 0.29) is 6.04 Å². The molecule has 4 heteroatoms. The van der Waals surface area contributed by atoms with Crippen molar-refractivity contribution in [3.8, 4) is 0 Å². The molecule has 0 radical (unpaired) electrons. The van der Waals surface area contributed by atoms with Gasteiger partial charge < -0.3 is 16.0 Å². The number of aryl methyl sites for hydroxylation is 2. The third kappa shape index (κ3) is 5.25. The summed E-state index contributed by atoms with van der Waals surface area (Å²) >= 11 is 4.08. The Kier molecular flexibility index (Phi) is 6.78. The molecule has 1 heterocycles. The predicted octanol–water partition coefficient (Wildman–Crippen LogP) is 4.06. The average Bonchev–Trinajstić information content (AvgIpc) is 3.07. The number of aromatic nitrogens is 1. The molecule has 0 aliphatic heterocycles. The molecular weight excluding hydrogens is 350 g/mol. The van der Waals surface area contributed by atoms with Crippen LogP contribution >= 0.6 is 12.6 Å². The molecule has 0 bridgehead atoms. The number of fused-ring (bicyclic) bond motifs is 1. The number of benzene rings is 2. The third-order valence-corrected chi connectivity index (χ3v) is 5.49. The molecule has 0 saturated heterocycles. The van der Waals surface area contributed by atoms with Crippen LogP contribution in [0.2, 0.25) is 0 Å². The van der Waals surface area contributed by atoms with E-state index in [1.54, 1.807) is 0 Å². The third-order valence-electron chi connectivity index (χ3n) is 5.22. The van der Waals surface area contributed by atoms with Crippen molar-refractivity contribution in [3.05, 3.63) is 89.2 Å². The standard InChI is InChI=1S/C18H22N2.C5H7NS/c19-12-14-6-7-15-8-9-18(20)17(16(15)11-14)10-13-4-2-1-3-5-13;1-6-3-2-5(7)4-6/h1-7,11,17-18H,8-10,12,19-20H2;2-4,7H,1H3. The number of thiol groups is 1. The van der Waals surface area contributed by atoms with Gasteiger partial charge in [-0.3, -0.25) is 0 Å². The summed E-state index contributed by atoms with van der Waals surface area (Å²) in [5.74, 6) is 0.410. The van der Waals surface area contributed by atoms with Gasteiger partial charge in [0.05, 0.1) is 0 Å². The van der Waals surface area contributed by atoms with Crippen molar-refractivity contribution in [2.24, 2.45) is 18.5 Å². The maximum Gasteiger partial charge on any atom is 0.0217 e. The Morgan fingerprint density at radius 3 is 2.44 bits per heavy atom. The molecule has 2 atom stereocenters. The molecule has 3 nitrogen and oxygen atoms in total. The van der Waals surface area contributed by atoms with Gasteiger partial charge in [-0.15, -0.1) is 12.6 Å². The zero-order valence-corrected chi connectivity index (χ0v) is 16.8. The highest BCUT2D eigenvalue weighted by Gasteiger charge is 2.27. The van der Waals surface area contributed by atoms with Gasteiger partial charge in [-0.1, -0.05) is 48.5 Å². The van der Waals surface area contributed by atoms with Gasteiger partial charge in [0, 0.05) is 42.8 Å². The van der Waals surface area contributed by atoms with E-state index in [1.165, 1.54) is 22.3 Å². The van der Waals surface area contributed by atoms with E-state index < -0.39 is 0 Å². The largest absolute Gasteiger partial charge is 0.356 e. The molecule has 27 heavy (non-hydrogen) atoms. The van der Waals surface area contributed by atoms with Gasteiger partial charge in [0.15, 0.2) is 0 Å². The second kappa shape index (κ2) is 9.27. The Labute approximate surface area is 167 Å². The van der Waals surface area contributed by atoms with E-state index in [4.69, 9.17) is 11.5 Å². The molecule has 3 aromatic rings. The van der Waals surface area contributed by atoms with Crippen LogP contribution in [0.25, 0.3) is 0 Å². The van der Waals surface area contributed by atoms with Crippen LogP contribution in [-0.4, -0.2) is 10.6 Å². The first-order valence-electron chi connectivity index (χ1n) is 9.49. The lowest BCUT2D eigenvalue weighted by Crippen LogP contribution is -2.34. The number of nitrogens with zero attached hydrogens (tertiary/aromatic N) is 1. The quantitative estimate of drug-likeness (QED) is 0.601. The van der Waals surface area contributed by atoms with Crippen LogP contribution in [-0.2, 0) is 26.4 Å². The fourth-order valence-corrected chi connectivity index (χ4v) is 3.96. The van der Waals surface area contributed by atoms with Crippen molar-refractivity contribution in [2.45, 2.75) is 42.7 Å². The lowest BCUT2D eigenvalue weighted by Gasteiger charge is -2.32. The van der Waals surface area contributed by atoms with Crippen LogP contribution in [0.4, 0.5) is 0 Å². The highest BCUT2D eigenvalue weighted by Crippen LogP contribution is 2.34. The molecule has 1 aliphatic carbocycles. The first-order valence-corrected chi connectivity index (χ1v) is 9.93. The molecule has 2 aromatic carbocycles. The smallest absolute Gasteiger partial charge is 0.0217 e. The van der Waals surface area contributed by atoms with E-state index in [1.807, 2.05) is 30.1 Å². The summed E-state index contributed by atoms with van der Waals surface area (Å²) in [5.41, 5.74) is 17.6. The SMILES string of the molecule is Cn1ccc(S)c1.NCc1ccc2c(c1)C(Cc1ccccc1)C(N)CC2. The molecule has 4 rings (SSSR count). The first-order chi connectivity index (χ1) is 13.1. The normalized spacial score (nSPS) is 18.4. The van der Waals surface area contributed by atoms with Crippen molar-refractivity contribution < 1.29 is 0 Å². The Bertz CT molecular complexity index is 841. The average molecular weight is 380 g/mol. The Hall–Kier alpha value is -2.01. The molecular formula is C23H29N3S. The minimum absolute atomic E-state index is 0.246. The van der Waals surface area contributed by atoms with Crippen LogP contribution in [0, 0.1) is 0 Å². The van der Waals surface area contributed by atoms with Gasteiger partial charge in [-0.25, -0.2) is 0 Å². The summed E-state index contributed by atoms with van der Waals surface area (Å²) in [6.07, 6.45) is 7.09. The number of hydrogen-bond acceptors (Lipinski definition) is 3. The fraction of sp³-hybridized carbons (Fsp3) is 0.304. The van der Waals surface area contributed by atoms with Crippen LogP contribution < -0.4 is 11.5 Å². The van der Waals surface area contributed by atoms with Gasteiger partial charge in [-0.2, -0.15) is 0 Å². The minimum Gasteiger partial charge on any atom is -0.356 e. The zero-order valence-electron chi connectivity index (χ0n) is 15.9. The van der Waals surface area contributed by atoms with Crippen molar-refractivity contribution in [1.29, 1.82) is 0 Å². The highest BCUT2D eigenvalue weighted by atomic mass is 32.1. The lowest BCUT2D eigenvalue weighted by atomic mass is 9.76. The van der Waals surface area contributed by atoms with Gasteiger partial charge in [-0.05, 0) is 47.6 Å². The summed E-state index contributed by atoms with van der Waals surface area (Å²) < 4.78 is 1.96. The Morgan fingerprint density at radius 1 is 1.07 bits per heavy atom. The molecule has 2 unspecified atom stereocenters. The molecule has 1 aliphatic rings. The topological polar surface area (TPSA) is 57.0 Å². The molecule has 0 amide bonds. The molecule has 0 saturated carbocycles. The van der Waals surface area contributed by atoms with Crippen LogP contribution in [0.15, 0.2) is 71.9 Å². The van der Waals surface area contributed by atoms with E-state index in [0.29, 0.717) is 12.5 Å². The van der Waals surface area contributed by atoms with Crippen LogP contribution in [0.5, 0.6) is 0 Å². The van der Waals surface area contributed by atoms with E-state index in [9.17, 15) is 0 Å². The minimum atomic E-state index is 0.246. The van der Waals surface area contributed by atoms with Crippen molar-refractivity contribution in [3.63, 3.8) is 0 Å². The monoisotopic (exact) mass is 379 g/mol. The summed E-state index contributed by atoms with van der Waals surface area (Å²) in [6.45, 7) is 0.598. The van der Waals surface area contributed by atoms with Crippen LogP contribution in [0.3, 0.4) is 0 Å². The number of rotatable bonds is 3. The second-order valence-electron chi connectivity index (χ2n) is 7.27. The molecule has 4 N–H and O–H groups in total. The van der Waals surface area contributed by atoms with Crippen molar-refractivity contribution in [2.75, 3.05) is 0 Å². The van der Waals surface area contributed by atoms with E-state index >= 15 is 0 Å². The Balaban J connectivity index is 0.000000253. The summed E-state index contributed by atoms with van der Waals surface area (Å²) in [4.78, 5) is 1.02. The van der Waals surface area contributed by atoms with E-state index in [2.05, 4.69) is 61.2 Å². The summed E-state index contributed by atoms with van der Waals surface area (Å²) in [6, 6.07) is 19.5.